The molecule has 2 N–H and O–H groups in total. The third-order valence-corrected chi connectivity index (χ3v) is 5.24. The Balaban J connectivity index is 2.56. The molecule has 1 heterocycles. The van der Waals surface area contributed by atoms with E-state index in [2.05, 4.69) is 16.7 Å². The van der Waals surface area contributed by atoms with Crippen molar-refractivity contribution in [1.82, 2.24) is 9.80 Å². The van der Waals surface area contributed by atoms with Gasteiger partial charge >= 0.3 is 0 Å². The molecule has 1 aliphatic heterocycles. The molecule has 114 valence electrons. The maximum Gasteiger partial charge on any atom is 0.148 e. The van der Waals surface area contributed by atoms with E-state index < -0.39 is 9.84 Å². The average Bonchev–Trinajstić information content (AvgIpc) is 2.36. The normalized spacial score (nSPS) is 20.9. The Morgan fingerprint density at radius 3 is 2.32 bits per heavy atom. The van der Waals surface area contributed by atoms with Crippen LogP contribution in [0.4, 0.5) is 0 Å². The van der Waals surface area contributed by atoms with Gasteiger partial charge in [0, 0.05) is 24.9 Å². The Morgan fingerprint density at radius 1 is 1.32 bits per heavy atom. The van der Waals surface area contributed by atoms with Crippen molar-refractivity contribution >= 4 is 9.84 Å². The van der Waals surface area contributed by atoms with Gasteiger partial charge in [-0.3, -0.25) is 4.90 Å². The molecule has 1 rings (SSSR count). The van der Waals surface area contributed by atoms with Gasteiger partial charge in [-0.1, -0.05) is 6.92 Å². The monoisotopic (exact) mass is 291 g/mol. The Labute approximate surface area is 118 Å². The highest BCUT2D eigenvalue weighted by Gasteiger charge is 2.36. The number of rotatable bonds is 7. The minimum absolute atomic E-state index is 0.0189. The summed E-state index contributed by atoms with van der Waals surface area (Å²) in [6.45, 7) is 6.65. The number of likely N-dealkylation sites (N-methyl/N-ethyl adjacent to an activating group) is 1. The predicted molar refractivity (Wildman–Crippen MR) is 80.1 cm³/mol. The number of nitrogens with zero attached hydrogens (tertiary/aromatic N) is 2. The summed E-state index contributed by atoms with van der Waals surface area (Å²) < 4.78 is 22.6. The van der Waals surface area contributed by atoms with Gasteiger partial charge in [0.1, 0.15) is 9.84 Å². The molecule has 1 saturated heterocycles. The van der Waals surface area contributed by atoms with Crippen molar-refractivity contribution in [3.63, 3.8) is 0 Å². The van der Waals surface area contributed by atoms with Crippen LogP contribution in [0.3, 0.4) is 0 Å². The second kappa shape index (κ2) is 7.02. The van der Waals surface area contributed by atoms with Crippen LogP contribution in [-0.2, 0) is 9.84 Å². The summed E-state index contributed by atoms with van der Waals surface area (Å²) in [6.07, 6.45) is 4.53. The van der Waals surface area contributed by atoms with E-state index in [0.29, 0.717) is 13.1 Å². The van der Waals surface area contributed by atoms with Gasteiger partial charge in [-0.2, -0.15) is 0 Å². The van der Waals surface area contributed by atoms with E-state index in [1.165, 1.54) is 12.7 Å². The molecule has 0 atom stereocenters. The highest BCUT2D eigenvalue weighted by atomic mass is 32.2. The molecule has 0 spiro atoms. The summed E-state index contributed by atoms with van der Waals surface area (Å²) >= 11 is 0. The highest BCUT2D eigenvalue weighted by Crippen LogP contribution is 2.27. The minimum Gasteiger partial charge on any atom is -0.329 e. The molecular weight excluding hydrogens is 262 g/mol. The van der Waals surface area contributed by atoms with Crippen molar-refractivity contribution < 1.29 is 8.42 Å². The van der Waals surface area contributed by atoms with E-state index >= 15 is 0 Å². The molecular formula is C13H29N3O2S. The Bertz CT molecular complexity index is 362. The first-order chi connectivity index (χ1) is 8.83. The summed E-state index contributed by atoms with van der Waals surface area (Å²) in [5, 5.41) is 0. The van der Waals surface area contributed by atoms with Crippen LogP contribution in [-0.4, -0.2) is 75.5 Å². The number of sulfone groups is 1. The SMILES string of the molecule is CCCN1CCC(CN)(N(C)CCS(C)(=O)=O)CC1. The van der Waals surface area contributed by atoms with Crippen molar-refractivity contribution in [3.8, 4) is 0 Å². The molecule has 0 bridgehead atoms. The van der Waals surface area contributed by atoms with Crippen LogP contribution in [0.1, 0.15) is 26.2 Å². The molecule has 0 aromatic rings. The first-order valence-electron chi connectivity index (χ1n) is 7.14. The van der Waals surface area contributed by atoms with E-state index in [0.717, 1.165) is 32.5 Å². The predicted octanol–water partition coefficient (Wildman–Crippen LogP) is 0.166. The van der Waals surface area contributed by atoms with Gasteiger partial charge in [-0.15, -0.1) is 0 Å². The van der Waals surface area contributed by atoms with Crippen LogP contribution in [0, 0.1) is 0 Å². The van der Waals surface area contributed by atoms with Gasteiger partial charge < -0.3 is 10.6 Å². The molecule has 1 fully saturated rings. The van der Waals surface area contributed by atoms with Gasteiger partial charge in [0.25, 0.3) is 0 Å². The molecule has 0 saturated carbocycles. The van der Waals surface area contributed by atoms with Crippen molar-refractivity contribution in [2.24, 2.45) is 5.73 Å². The lowest BCUT2D eigenvalue weighted by atomic mass is 9.86. The lowest BCUT2D eigenvalue weighted by molar-refractivity contribution is 0.0495. The van der Waals surface area contributed by atoms with E-state index in [9.17, 15) is 8.42 Å². The molecule has 1 aliphatic rings. The average molecular weight is 291 g/mol. The van der Waals surface area contributed by atoms with Crippen LogP contribution in [0.2, 0.25) is 0 Å². The van der Waals surface area contributed by atoms with Gasteiger partial charge in [0.15, 0.2) is 0 Å². The first-order valence-corrected chi connectivity index (χ1v) is 9.20. The molecule has 0 aliphatic carbocycles. The highest BCUT2D eigenvalue weighted by molar-refractivity contribution is 7.90. The Kier molecular flexibility index (Phi) is 6.23. The summed E-state index contributed by atoms with van der Waals surface area (Å²) in [7, 11) is -0.898. The summed E-state index contributed by atoms with van der Waals surface area (Å²) in [5.41, 5.74) is 5.97. The minimum atomic E-state index is -2.91. The van der Waals surface area contributed by atoms with Gasteiger partial charge in [0.05, 0.1) is 5.75 Å². The van der Waals surface area contributed by atoms with E-state index in [4.69, 9.17) is 5.73 Å². The first kappa shape index (κ1) is 16.9. The van der Waals surface area contributed by atoms with Crippen molar-refractivity contribution in [2.75, 3.05) is 51.8 Å². The third-order valence-electron chi connectivity index (χ3n) is 4.31. The fraction of sp³-hybridized carbons (Fsp3) is 1.00. The number of hydrogen-bond donors (Lipinski definition) is 1. The van der Waals surface area contributed by atoms with Crippen LogP contribution in [0.25, 0.3) is 0 Å². The van der Waals surface area contributed by atoms with Crippen molar-refractivity contribution in [1.29, 1.82) is 0 Å². The van der Waals surface area contributed by atoms with Crippen molar-refractivity contribution in [2.45, 2.75) is 31.7 Å². The maximum atomic E-state index is 11.3. The third kappa shape index (κ3) is 5.02. The molecule has 5 nitrogen and oxygen atoms in total. The Hall–Kier alpha value is -0.170. The van der Waals surface area contributed by atoms with E-state index in [1.54, 1.807) is 0 Å². The van der Waals surface area contributed by atoms with Crippen LogP contribution < -0.4 is 5.73 Å². The fourth-order valence-corrected chi connectivity index (χ4v) is 3.40. The lowest BCUT2D eigenvalue weighted by Gasteiger charge is -2.47. The second-order valence-corrected chi connectivity index (χ2v) is 8.08. The van der Waals surface area contributed by atoms with Crippen LogP contribution in [0.15, 0.2) is 0 Å². The van der Waals surface area contributed by atoms with Gasteiger partial charge in [-0.25, -0.2) is 8.42 Å². The number of hydrogen-bond acceptors (Lipinski definition) is 5. The van der Waals surface area contributed by atoms with E-state index in [1.807, 2.05) is 7.05 Å². The zero-order chi connectivity index (χ0) is 14.5. The van der Waals surface area contributed by atoms with E-state index in [-0.39, 0.29) is 11.3 Å². The lowest BCUT2D eigenvalue weighted by Crippen LogP contribution is -2.58. The molecule has 0 unspecified atom stereocenters. The van der Waals surface area contributed by atoms with Gasteiger partial charge in [-0.05, 0) is 45.9 Å². The molecule has 19 heavy (non-hydrogen) atoms. The zero-order valence-corrected chi connectivity index (χ0v) is 13.4. The largest absolute Gasteiger partial charge is 0.329 e. The van der Waals surface area contributed by atoms with Gasteiger partial charge in [0.2, 0.25) is 0 Å². The van der Waals surface area contributed by atoms with Crippen LogP contribution in [0.5, 0.6) is 0 Å². The molecule has 0 amide bonds. The zero-order valence-electron chi connectivity index (χ0n) is 12.6. The quantitative estimate of drug-likeness (QED) is 0.724. The van der Waals surface area contributed by atoms with Crippen molar-refractivity contribution in [3.05, 3.63) is 0 Å². The summed E-state index contributed by atoms with van der Waals surface area (Å²) in [5.74, 6) is 0.212. The topological polar surface area (TPSA) is 66.6 Å². The number of likely N-dealkylation sites (tertiary alicyclic amines) is 1. The molecule has 0 radical (unpaired) electrons. The number of nitrogens with two attached hydrogens (primary N) is 1. The molecule has 0 aromatic heterocycles. The smallest absolute Gasteiger partial charge is 0.148 e. The van der Waals surface area contributed by atoms with Crippen LogP contribution >= 0.6 is 0 Å². The second-order valence-electron chi connectivity index (χ2n) is 5.82. The molecule has 0 aromatic carbocycles. The fourth-order valence-electron chi connectivity index (χ4n) is 2.79. The maximum absolute atomic E-state index is 11.3. The summed E-state index contributed by atoms with van der Waals surface area (Å²) in [6, 6.07) is 0. The standard InChI is InChI=1S/C13H29N3O2S/c1-4-7-16-8-5-13(12-14,6-9-16)15(2)10-11-19(3,17)18/h4-12,14H2,1-3H3. The Morgan fingerprint density at radius 2 is 1.89 bits per heavy atom. The summed E-state index contributed by atoms with van der Waals surface area (Å²) in [4.78, 5) is 4.63. The number of piperidine rings is 1. The molecule has 6 heteroatoms.